The molecule has 0 radical (unpaired) electrons. The number of rotatable bonds is 9. The van der Waals surface area contributed by atoms with Crippen molar-refractivity contribution in [2.24, 2.45) is 5.41 Å². The summed E-state index contributed by atoms with van der Waals surface area (Å²) in [4.78, 5) is 29.4. The van der Waals surface area contributed by atoms with Crippen LogP contribution in [0.5, 0.6) is 0 Å². The smallest absolute Gasteiger partial charge is 0.223 e. The fourth-order valence-corrected chi connectivity index (χ4v) is 5.09. The molecule has 1 aliphatic rings. The van der Waals surface area contributed by atoms with E-state index >= 15 is 0 Å². The van der Waals surface area contributed by atoms with E-state index in [2.05, 4.69) is 38.1 Å². The molecule has 5 heteroatoms. The van der Waals surface area contributed by atoms with Gasteiger partial charge in [0, 0.05) is 30.8 Å². The van der Waals surface area contributed by atoms with Crippen LogP contribution in [0, 0.1) is 19.3 Å². The number of ketones is 1. The van der Waals surface area contributed by atoms with Gasteiger partial charge in [0.15, 0.2) is 5.78 Å². The van der Waals surface area contributed by atoms with Crippen LogP contribution in [0.4, 0.5) is 0 Å². The summed E-state index contributed by atoms with van der Waals surface area (Å²) in [5.41, 5.74) is 3.72. The summed E-state index contributed by atoms with van der Waals surface area (Å²) < 4.78 is 5.32. The van der Waals surface area contributed by atoms with Crippen LogP contribution in [0.15, 0.2) is 30.3 Å². The van der Waals surface area contributed by atoms with Crippen molar-refractivity contribution in [1.29, 1.82) is 0 Å². The third kappa shape index (κ3) is 7.01. The maximum absolute atomic E-state index is 12.9. The summed E-state index contributed by atoms with van der Waals surface area (Å²) in [5, 5.41) is 0. The normalized spacial score (nSPS) is 14.6. The quantitative estimate of drug-likeness (QED) is 0.490. The number of carbonyl (C=O) groups excluding carboxylic acids is 2. The zero-order valence-electron chi connectivity index (χ0n) is 19.3. The molecule has 4 nitrogen and oxygen atoms in total. The van der Waals surface area contributed by atoms with Crippen molar-refractivity contribution < 1.29 is 14.3 Å². The first-order valence-corrected chi connectivity index (χ1v) is 12.1. The van der Waals surface area contributed by atoms with Crippen LogP contribution in [0.2, 0.25) is 0 Å². The number of nitrogens with zero attached hydrogens (tertiary/aromatic N) is 1. The lowest BCUT2D eigenvalue weighted by Gasteiger charge is -2.31. The summed E-state index contributed by atoms with van der Waals surface area (Å²) >= 11 is 1.61. The number of Topliss-reactive ketones (excluding diaryl/α,β-unsaturated/α-hetero) is 1. The minimum Gasteiger partial charge on any atom is -0.378 e. The van der Waals surface area contributed by atoms with Crippen molar-refractivity contribution in [3.05, 3.63) is 56.8 Å². The molecule has 0 unspecified atom stereocenters. The van der Waals surface area contributed by atoms with Crippen molar-refractivity contribution in [3.8, 4) is 0 Å². The van der Waals surface area contributed by atoms with Crippen molar-refractivity contribution in [3.63, 3.8) is 0 Å². The van der Waals surface area contributed by atoms with Gasteiger partial charge >= 0.3 is 0 Å². The number of carbonyl (C=O) groups is 2. The summed E-state index contributed by atoms with van der Waals surface area (Å²) in [6, 6.07) is 10.7. The lowest BCUT2D eigenvalue weighted by molar-refractivity contribution is -0.137. The minimum atomic E-state index is -0.348. The molecule has 2 heterocycles. The van der Waals surface area contributed by atoms with Crippen molar-refractivity contribution in [1.82, 2.24) is 4.90 Å². The highest BCUT2D eigenvalue weighted by Gasteiger charge is 2.29. The number of thiophene rings is 1. The second-order valence-electron chi connectivity index (χ2n) is 9.48. The fraction of sp³-hybridized carbons (Fsp3) is 0.538. The zero-order valence-corrected chi connectivity index (χ0v) is 20.1. The number of hydrogen-bond acceptors (Lipinski definition) is 4. The van der Waals surface area contributed by atoms with Crippen LogP contribution in [0.1, 0.15) is 64.3 Å². The zero-order chi connectivity index (χ0) is 22.4. The highest BCUT2D eigenvalue weighted by Crippen LogP contribution is 2.30. The van der Waals surface area contributed by atoms with Crippen LogP contribution < -0.4 is 0 Å². The molecular weight excluding hydrogens is 406 g/mol. The van der Waals surface area contributed by atoms with Gasteiger partial charge < -0.3 is 9.64 Å². The minimum absolute atomic E-state index is 0.124. The average molecular weight is 442 g/mol. The van der Waals surface area contributed by atoms with Crippen molar-refractivity contribution in [2.45, 2.75) is 59.8 Å². The highest BCUT2D eigenvalue weighted by molar-refractivity contribution is 7.14. The Balaban J connectivity index is 1.49. The molecule has 0 atom stereocenters. The Bertz CT molecular complexity index is 909. The second kappa shape index (κ2) is 10.6. The summed E-state index contributed by atoms with van der Waals surface area (Å²) in [6.45, 7) is 10.8. The van der Waals surface area contributed by atoms with Gasteiger partial charge in [-0.2, -0.15) is 0 Å². The molecule has 1 aromatic heterocycles. The molecule has 31 heavy (non-hydrogen) atoms. The molecule has 1 saturated heterocycles. The van der Waals surface area contributed by atoms with Gasteiger partial charge in [-0.05, 0) is 61.8 Å². The Morgan fingerprint density at radius 3 is 2.52 bits per heavy atom. The molecule has 0 aliphatic carbocycles. The SMILES string of the molecule is Cc1ccc(C)c(CCCc2ccc(C(=O)CC(C)(C)CC(=O)N3CCOCC3)s2)c1. The van der Waals surface area contributed by atoms with E-state index in [0.29, 0.717) is 39.1 Å². The molecule has 3 rings (SSSR count). The number of ether oxygens (including phenoxy) is 1. The largest absolute Gasteiger partial charge is 0.378 e. The Kier molecular flexibility index (Phi) is 8.06. The van der Waals surface area contributed by atoms with E-state index < -0.39 is 0 Å². The molecule has 1 aliphatic heterocycles. The number of amides is 1. The summed E-state index contributed by atoms with van der Waals surface area (Å²) in [5.74, 6) is 0.268. The Labute approximate surface area is 190 Å². The first-order valence-electron chi connectivity index (χ1n) is 11.3. The Morgan fingerprint density at radius 1 is 1.03 bits per heavy atom. The van der Waals surface area contributed by atoms with Gasteiger partial charge in [-0.15, -0.1) is 11.3 Å². The summed E-state index contributed by atoms with van der Waals surface area (Å²) in [7, 11) is 0. The Morgan fingerprint density at radius 2 is 1.77 bits per heavy atom. The predicted molar refractivity (Wildman–Crippen MR) is 127 cm³/mol. The maximum Gasteiger partial charge on any atom is 0.223 e. The first kappa shape index (κ1) is 23.7. The van der Waals surface area contributed by atoms with Crippen LogP contribution >= 0.6 is 11.3 Å². The van der Waals surface area contributed by atoms with Crippen LogP contribution in [-0.2, 0) is 22.4 Å². The van der Waals surface area contributed by atoms with Crippen LogP contribution in [-0.4, -0.2) is 42.9 Å². The lowest BCUT2D eigenvalue weighted by Crippen LogP contribution is -2.42. The summed E-state index contributed by atoms with van der Waals surface area (Å²) in [6.07, 6.45) is 3.92. The fourth-order valence-electron chi connectivity index (χ4n) is 4.10. The maximum atomic E-state index is 12.9. The van der Waals surface area contributed by atoms with Crippen LogP contribution in [0.25, 0.3) is 0 Å². The van der Waals surface area contributed by atoms with E-state index in [1.807, 2.05) is 24.8 Å². The van der Waals surface area contributed by atoms with E-state index in [1.165, 1.54) is 21.6 Å². The monoisotopic (exact) mass is 441 g/mol. The van der Waals surface area contributed by atoms with E-state index in [4.69, 9.17) is 4.74 Å². The molecule has 0 spiro atoms. The van der Waals surface area contributed by atoms with Crippen molar-refractivity contribution >= 4 is 23.0 Å². The molecule has 1 amide bonds. The number of hydrogen-bond donors (Lipinski definition) is 0. The average Bonchev–Trinajstić information content (AvgIpc) is 3.20. The third-order valence-corrected chi connectivity index (χ3v) is 7.13. The van der Waals surface area contributed by atoms with Gasteiger partial charge in [0.1, 0.15) is 0 Å². The molecule has 0 saturated carbocycles. The van der Waals surface area contributed by atoms with Crippen molar-refractivity contribution in [2.75, 3.05) is 26.3 Å². The van der Waals surface area contributed by atoms with E-state index in [-0.39, 0.29) is 17.1 Å². The molecule has 0 N–H and O–H groups in total. The molecular formula is C26H35NO3S. The van der Waals surface area contributed by atoms with E-state index in [0.717, 1.165) is 24.1 Å². The van der Waals surface area contributed by atoms with E-state index in [1.54, 1.807) is 11.3 Å². The highest BCUT2D eigenvalue weighted by atomic mass is 32.1. The molecule has 0 bridgehead atoms. The molecule has 1 aromatic carbocycles. The molecule has 2 aromatic rings. The molecule has 168 valence electrons. The number of benzene rings is 1. The Hall–Kier alpha value is -1.98. The topological polar surface area (TPSA) is 46.6 Å². The lowest BCUT2D eigenvalue weighted by atomic mass is 9.83. The van der Waals surface area contributed by atoms with Gasteiger partial charge in [0.05, 0.1) is 18.1 Å². The standard InChI is InChI=1S/C26H35NO3S/c1-19-8-9-20(2)21(16-19)6-5-7-22-10-11-24(31-22)23(28)17-26(3,4)18-25(29)27-12-14-30-15-13-27/h8-11,16H,5-7,12-15,17-18H2,1-4H3. The first-order chi connectivity index (χ1) is 14.7. The second-order valence-corrected chi connectivity index (χ2v) is 10.7. The van der Waals surface area contributed by atoms with Gasteiger partial charge in [-0.25, -0.2) is 0 Å². The molecule has 1 fully saturated rings. The third-order valence-electron chi connectivity index (χ3n) is 5.94. The van der Waals surface area contributed by atoms with E-state index in [9.17, 15) is 9.59 Å². The van der Waals surface area contributed by atoms with Gasteiger partial charge in [0.2, 0.25) is 5.91 Å². The van der Waals surface area contributed by atoms with Gasteiger partial charge in [0.25, 0.3) is 0 Å². The predicted octanol–water partition coefficient (Wildman–Crippen LogP) is 5.39. The number of aryl methyl sites for hydroxylation is 4. The number of morpholine rings is 1. The van der Waals surface area contributed by atoms with Gasteiger partial charge in [-0.3, -0.25) is 9.59 Å². The van der Waals surface area contributed by atoms with Crippen LogP contribution in [0.3, 0.4) is 0 Å². The van der Waals surface area contributed by atoms with Gasteiger partial charge in [-0.1, -0.05) is 37.6 Å².